The second kappa shape index (κ2) is 5.17. The highest BCUT2D eigenvalue weighted by atomic mass is 32.1. The van der Waals surface area contributed by atoms with Gasteiger partial charge in [0.25, 0.3) is 0 Å². The first-order chi connectivity index (χ1) is 7.42. The first-order valence-electron chi connectivity index (χ1n) is 5.49. The fourth-order valence-electron chi connectivity index (χ4n) is 1.57. The van der Waals surface area contributed by atoms with Crippen LogP contribution in [-0.2, 0) is 0 Å². The predicted molar refractivity (Wildman–Crippen MR) is 66.5 cm³/mol. The van der Waals surface area contributed by atoms with Gasteiger partial charge in [-0.25, -0.2) is 0 Å². The van der Waals surface area contributed by atoms with Gasteiger partial charge in [-0.3, -0.25) is 0 Å². The monoisotopic (exact) mass is 220 g/mol. The van der Waals surface area contributed by atoms with Crippen LogP contribution in [0.15, 0.2) is 29.7 Å². The van der Waals surface area contributed by atoms with Crippen LogP contribution in [0.1, 0.15) is 31.1 Å². The van der Waals surface area contributed by atoms with E-state index in [9.17, 15) is 0 Å². The maximum atomic E-state index is 5.77. The van der Waals surface area contributed by atoms with Crippen molar-refractivity contribution >= 4 is 16.9 Å². The van der Waals surface area contributed by atoms with Gasteiger partial charge >= 0.3 is 0 Å². The molecule has 0 saturated heterocycles. The van der Waals surface area contributed by atoms with Crippen molar-refractivity contribution in [3.8, 4) is 5.75 Å². The van der Waals surface area contributed by atoms with Crippen molar-refractivity contribution < 1.29 is 4.74 Å². The van der Waals surface area contributed by atoms with Crippen molar-refractivity contribution in [2.24, 2.45) is 0 Å². The number of rotatable bonds is 5. The van der Waals surface area contributed by atoms with Gasteiger partial charge in [0.1, 0.15) is 5.75 Å². The van der Waals surface area contributed by atoms with Gasteiger partial charge in [-0.15, -0.1) is 11.3 Å². The standard InChI is InChI=1S/C13H16OS/c1-2-3-9-14-12-8-10-15-13(12)11-6-4-5-7-11/h4,6-8,10H,2-3,5,9H2,1H3. The number of thiophene rings is 1. The topological polar surface area (TPSA) is 9.23 Å². The van der Waals surface area contributed by atoms with E-state index in [0.29, 0.717) is 0 Å². The van der Waals surface area contributed by atoms with Crippen LogP contribution < -0.4 is 4.74 Å². The molecule has 1 aliphatic rings. The van der Waals surface area contributed by atoms with Crippen LogP contribution in [0.2, 0.25) is 0 Å². The molecule has 0 unspecified atom stereocenters. The molecule has 80 valence electrons. The molecule has 1 aliphatic carbocycles. The molecule has 1 aromatic heterocycles. The maximum absolute atomic E-state index is 5.77. The van der Waals surface area contributed by atoms with Gasteiger partial charge in [0.05, 0.1) is 11.5 Å². The lowest BCUT2D eigenvalue weighted by Gasteiger charge is -2.06. The van der Waals surface area contributed by atoms with Crippen molar-refractivity contribution in [3.63, 3.8) is 0 Å². The van der Waals surface area contributed by atoms with Crippen LogP contribution in [0.4, 0.5) is 0 Å². The lowest BCUT2D eigenvalue weighted by molar-refractivity contribution is 0.310. The van der Waals surface area contributed by atoms with Gasteiger partial charge in [-0.05, 0) is 29.9 Å². The molecule has 0 spiro atoms. The number of allylic oxidation sites excluding steroid dienone is 4. The van der Waals surface area contributed by atoms with E-state index < -0.39 is 0 Å². The Balaban J connectivity index is 2.05. The molecule has 0 bridgehead atoms. The summed E-state index contributed by atoms with van der Waals surface area (Å²) < 4.78 is 5.77. The Morgan fingerprint density at radius 1 is 1.47 bits per heavy atom. The molecule has 1 heterocycles. The molecule has 0 atom stereocenters. The Kier molecular flexibility index (Phi) is 3.62. The lowest BCUT2D eigenvalue weighted by atomic mass is 10.2. The van der Waals surface area contributed by atoms with E-state index in [-0.39, 0.29) is 0 Å². The molecular formula is C13H16OS. The lowest BCUT2D eigenvalue weighted by Crippen LogP contribution is -1.96. The summed E-state index contributed by atoms with van der Waals surface area (Å²) in [6.07, 6.45) is 9.98. The number of hydrogen-bond acceptors (Lipinski definition) is 2. The zero-order valence-corrected chi connectivity index (χ0v) is 9.85. The maximum Gasteiger partial charge on any atom is 0.137 e. The molecule has 0 aliphatic heterocycles. The van der Waals surface area contributed by atoms with E-state index in [2.05, 4.69) is 36.6 Å². The average molecular weight is 220 g/mol. The summed E-state index contributed by atoms with van der Waals surface area (Å²) in [5.41, 5.74) is 1.32. The van der Waals surface area contributed by atoms with E-state index >= 15 is 0 Å². The molecule has 0 aromatic carbocycles. The van der Waals surface area contributed by atoms with Crippen molar-refractivity contribution in [1.29, 1.82) is 0 Å². The molecule has 0 amide bonds. The quantitative estimate of drug-likeness (QED) is 0.673. The molecule has 2 rings (SSSR count). The first kappa shape index (κ1) is 10.5. The first-order valence-corrected chi connectivity index (χ1v) is 6.37. The van der Waals surface area contributed by atoms with Gasteiger partial charge in [0.15, 0.2) is 0 Å². The van der Waals surface area contributed by atoms with Crippen molar-refractivity contribution in [2.45, 2.75) is 26.2 Å². The fraction of sp³-hybridized carbons (Fsp3) is 0.385. The Morgan fingerprint density at radius 3 is 3.13 bits per heavy atom. The summed E-state index contributed by atoms with van der Waals surface area (Å²) in [4.78, 5) is 1.28. The van der Waals surface area contributed by atoms with Crippen LogP contribution in [0.3, 0.4) is 0 Å². The summed E-state index contributed by atoms with van der Waals surface area (Å²) in [7, 11) is 0. The van der Waals surface area contributed by atoms with Gasteiger partial charge < -0.3 is 4.74 Å². The Morgan fingerprint density at radius 2 is 2.40 bits per heavy atom. The SMILES string of the molecule is CCCCOc1ccsc1C1=CCC=C1. The van der Waals surface area contributed by atoms with E-state index in [4.69, 9.17) is 4.74 Å². The predicted octanol–water partition coefficient (Wildman–Crippen LogP) is 4.27. The van der Waals surface area contributed by atoms with Crippen LogP contribution in [0.5, 0.6) is 5.75 Å². The molecule has 0 saturated carbocycles. The number of hydrogen-bond donors (Lipinski definition) is 0. The highest BCUT2D eigenvalue weighted by molar-refractivity contribution is 7.11. The second-order valence-electron chi connectivity index (χ2n) is 3.61. The summed E-state index contributed by atoms with van der Waals surface area (Å²) in [6.45, 7) is 3.01. The third kappa shape index (κ3) is 2.51. The summed E-state index contributed by atoms with van der Waals surface area (Å²) >= 11 is 1.76. The van der Waals surface area contributed by atoms with E-state index in [1.807, 2.05) is 0 Å². The Hall–Kier alpha value is -1.02. The number of unbranched alkanes of at least 4 members (excludes halogenated alkanes) is 1. The van der Waals surface area contributed by atoms with E-state index in [1.165, 1.54) is 16.9 Å². The zero-order valence-electron chi connectivity index (χ0n) is 9.03. The molecule has 1 aromatic rings. The van der Waals surface area contributed by atoms with Crippen LogP contribution in [-0.4, -0.2) is 6.61 Å². The summed E-state index contributed by atoms with van der Waals surface area (Å²) in [5.74, 6) is 1.05. The van der Waals surface area contributed by atoms with Gasteiger partial charge in [0, 0.05) is 0 Å². The summed E-state index contributed by atoms with van der Waals surface area (Å²) in [6, 6.07) is 2.07. The van der Waals surface area contributed by atoms with Crippen molar-refractivity contribution in [1.82, 2.24) is 0 Å². The minimum atomic E-state index is 0.831. The molecule has 1 nitrogen and oxygen atoms in total. The van der Waals surface area contributed by atoms with Crippen molar-refractivity contribution in [2.75, 3.05) is 6.61 Å². The van der Waals surface area contributed by atoms with Crippen LogP contribution in [0.25, 0.3) is 5.57 Å². The molecule has 15 heavy (non-hydrogen) atoms. The third-order valence-electron chi connectivity index (χ3n) is 2.42. The normalized spacial score (nSPS) is 14.3. The zero-order chi connectivity index (χ0) is 10.5. The van der Waals surface area contributed by atoms with E-state index in [1.54, 1.807) is 11.3 Å². The molecule has 2 heteroatoms. The smallest absolute Gasteiger partial charge is 0.137 e. The van der Waals surface area contributed by atoms with Crippen LogP contribution in [0, 0.1) is 0 Å². The average Bonchev–Trinajstić information content (AvgIpc) is 2.87. The van der Waals surface area contributed by atoms with Gasteiger partial charge in [-0.2, -0.15) is 0 Å². The van der Waals surface area contributed by atoms with Gasteiger partial charge in [-0.1, -0.05) is 31.6 Å². The highest BCUT2D eigenvalue weighted by Gasteiger charge is 2.10. The molecule has 0 radical (unpaired) electrons. The molecule has 0 fully saturated rings. The molecular weight excluding hydrogens is 204 g/mol. The fourth-order valence-corrected chi connectivity index (χ4v) is 2.43. The highest BCUT2D eigenvalue weighted by Crippen LogP contribution is 2.34. The Labute approximate surface area is 95.1 Å². The van der Waals surface area contributed by atoms with E-state index in [0.717, 1.165) is 25.2 Å². The number of ether oxygens (including phenoxy) is 1. The molecule has 0 N–H and O–H groups in total. The minimum Gasteiger partial charge on any atom is -0.492 e. The summed E-state index contributed by atoms with van der Waals surface area (Å²) in [5, 5.41) is 2.10. The minimum absolute atomic E-state index is 0.831. The Bertz CT molecular complexity index is 374. The van der Waals surface area contributed by atoms with Gasteiger partial charge in [0.2, 0.25) is 0 Å². The van der Waals surface area contributed by atoms with Crippen LogP contribution >= 0.6 is 11.3 Å². The largest absolute Gasteiger partial charge is 0.492 e. The third-order valence-corrected chi connectivity index (χ3v) is 3.36. The van der Waals surface area contributed by atoms with Crippen molar-refractivity contribution in [3.05, 3.63) is 34.6 Å². The second-order valence-corrected chi connectivity index (χ2v) is 4.53.